The number of amides is 1. The maximum atomic E-state index is 12.5. The van der Waals surface area contributed by atoms with Crippen LogP contribution in [-0.2, 0) is 6.54 Å². The quantitative estimate of drug-likeness (QED) is 0.744. The lowest BCUT2D eigenvalue weighted by molar-refractivity contribution is 0.0779. The van der Waals surface area contributed by atoms with Gasteiger partial charge in [0, 0.05) is 13.6 Å². The molecular weight excluding hydrogens is 274 g/mol. The Balaban J connectivity index is 1.80. The lowest BCUT2D eigenvalue weighted by atomic mass is 10.1. The van der Waals surface area contributed by atoms with Gasteiger partial charge in [0.25, 0.3) is 5.91 Å². The zero-order valence-corrected chi connectivity index (χ0v) is 12.7. The lowest BCUT2D eigenvalue weighted by Crippen LogP contribution is -2.27. The summed E-state index contributed by atoms with van der Waals surface area (Å²) in [6.45, 7) is 2.59. The number of hydrogen-bond acceptors (Lipinski definition) is 3. The molecule has 4 heteroatoms. The van der Waals surface area contributed by atoms with Gasteiger partial charge in [0.2, 0.25) is 0 Å². The van der Waals surface area contributed by atoms with E-state index in [9.17, 15) is 4.79 Å². The van der Waals surface area contributed by atoms with Gasteiger partial charge in [-0.25, -0.2) is 4.98 Å². The fourth-order valence-electron chi connectivity index (χ4n) is 2.29. The summed E-state index contributed by atoms with van der Waals surface area (Å²) in [6.07, 6.45) is 1.54. The first-order chi connectivity index (χ1) is 10.6. The Labute approximate surface area is 129 Å². The maximum Gasteiger partial charge on any atom is 0.274 e. The molecule has 0 spiro atoms. The van der Waals surface area contributed by atoms with E-state index >= 15 is 0 Å². The summed E-state index contributed by atoms with van der Waals surface area (Å²) in [6, 6.07) is 15.7. The van der Waals surface area contributed by atoms with E-state index in [1.165, 1.54) is 11.8 Å². The van der Waals surface area contributed by atoms with Gasteiger partial charge in [0.1, 0.15) is 5.69 Å². The van der Waals surface area contributed by atoms with Gasteiger partial charge >= 0.3 is 0 Å². The Morgan fingerprint density at radius 3 is 2.45 bits per heavy atom. The van der Waals surface area contributed by atoms with Crippen LogP contribution >= 0.6 is 0 Å². The molecule has 0 atom stereocenters. The van der Waals surface area contributed by atoms with Gasteiger partial charge in [-0.3, -0.25) is 9.78 Å². The van der Waals surface area contributed by atoms with E-state index in [0.717, 1.165) is 16.6 Å². The second-order valence-electron chi connectivity index (χ2n) is 5.39. The van der Waals surface area contributed by atoms with Gasteiger partial charge in [-0.15, -0.1) is 0 Å². The van der Waals surface area contributed by atoms with Crippen LogP contribution in [0, 0.1) is 6.92 Å². The number of aromatic nitrogens is 2. The normalized spacial score (nSPS) is 10.6. The van der Waals surface area contributed by atoms with Crippen LogP contribution in [0.3, 0.4) is 0 Å². The fourth-order valence-corrected chi connectivity index (χ4v) is 2.29. The number of nitrogens with zero attached hydrogens (tertiary/aromatic N) is 3. The summed E-state index contributed by atoms with van der Waals surface area (Å²) in [5.74, 6) is -0.126. The van der Waals surface area contributed by atoms with E-state index in [4.69, 9.17) is 0 Å². The van der Waals surface area contributed by atoms with Crippen molar-refractivity contribution in [3.8, 4) is 0 Å². The second kappa shape index (κ2) is 5.93. The standard InChI is InChI=1S/C18H17N3O/c1-13-7-9-14(10-8-13)12-21(2)18(22)17-11-19-15-5-3-4-6-16(15)20-17/h3-11H,12H2,1-2H3. The third-order valence-electron chi connectivity index (χ3n) is 3.55. The number of rotatable bonds is 3. The zero-order chi connectivity index (χ0) is 15.5. The zero-order valence-electron chi connectivity index (χ0n) is 12.7. The number of hydrogen-bond donors (Lipinski definition) is 0. The molecule has 1 amide bonds. The summed E-state index contributed by atoms with van der Waals surface area (Å²) >= 11 is 0. The molecule has 0 saturated carbocycles. The number of aryl methyl sites for hydroxylation is 1. The van der Waals surface area contributed by atoms with Crippen molar-refractivity contribution in [1.29, 1.82) is 0 Å². The highest BCUT2D eigenvalue weighted by atomic mass is 16.2. The molecule has 0 fully saturated rings. The third kappa shape index (κ3) is 2.96. The molecule has 0 saturated heterocycles. The number of para-hydroxylation sites is 2. The third-order valence-corrected chi connectivity index (χ3v) is 3.55. The van der Waals surface area contributed by atoms with Gasteiger partial charge in [-0.1, -0.05) is 42.0 Å². The van der Waals surface area contributed by atoms with Crippen LogP contribution in [0.15, 0.2) is 54.7 Å². The highest BCUT2D eigenvalue weighted by molar-refractivity contribution is 5.93. The molecule has 0 bridgehead atoms. The number of fused-ring (bicyclic) bond motifs is 1. The Bertz CT molecular complexity index is 812. The molecule has 110 valence electrons. The molecule has 0 aliphatic heterocycles. The van der Waals surface area contributed by atoms with E-state index in [1.54, 1.807) is 11.9 Å². The smallest absolute Gasteiger partial charge is 0.274 e. The van der Waals surface area contributed by atoms with Crippen LogP contribution in [0.4, 0.5) is 0 Å². The summed E-state index contributed by atoms with van der Waals surface area (Å²) in [4.78, 5) is 22.8. The first kappa shape index (κ1) is 14.2. The SMILES string of the molecule is Cc1ccc(CN(C)C(=O)c2cnc3ccccc3n2)cc1. The van der Waals surface area contributed by atoms with E-state index in [-0.39, 0.29) is 5.91 Å². The number of benzene rings is 2. The van der Waals surface area contributed by atoms with Crippen molar-refractivity contribution in [3.05, 3.63) is 71.5 Å². The maximum absolute atomic E-state index is 12.5. The summed E-state index contributed by atoms with van der Waals surface area (Å²) in [5, 5.41) is 0. The Morgan fingerprint density at radius 1 is 1.05 bits per heavy atom. The van der Waals surface area contributed by atoms with Gasteiger partial charge in [-0.2, -0.15) is 0 Å². The van der Waals surface area contributed by atoms with E-state index in [1.807, 2.05) is 55.5 Å². The molecular formula is C18H17N3O. The minimum absolute atomic E-state index is 0.126. The molecule has 0 N–H and O–H groups in total. The van der Waals surface area contributed by atoms with Crippen molar-refractivity contribution < 1.29 is 4.79 Å². The average Bonchev–Trinajstić information content (AvgIpc) is 2.55. The van der Waals surface area contributed by atoms with Crippen molar-refractivity contribution >= 4 is 16.9 Å². The minimum Gasteiger partial charge on any atom is -0.336 e. The second-order valence-corrected chi connectivity index (χ2v) is 5.39. The molecule has 0 aliphatic carbocycles. The first-order valence-electron chi connectivity index (χ1n) is 7.16. The van der Waals surface area contributed by atoms with E-state index < -0.39 is 0 Å². The topological polar surface area (TPSA) is 46.1 Å². The van der Waals surface area contributed by atoms with Crippen LogP contribution in [0.1, 0.15) is 21.6 Å². The fraction of sp³-hybridized carbons (Fsp3) is 0.167. The molecule has 0 radical (unpaired) electrons. The molecule has 0 unspecified atom stereocenters. The summed E-state index contributed by atoms with van der Waals surface area (Å²) in [5.41, 5.74) is 4.19. The molecule has 22 heavy (non-hydrogen) atoms. The van der Waals surface area contributed by atoms with Crippen molar-refractivity contribution in [1.82, 2.24) is 14.9 Å². The molecule has 1 heterocycles. The average molecular weight is 291 g/mol. The minimum atomic E-state index is -0.126. The van der Waals surface area contributed by atoms with E-state index in [2.05, 4.69) is 9.97 Å². The van der Waals surface area contributed by atoms with Gasteiger partial charge < -0.3 is 4.90 Å². The largest absolute Gasteiger partial charge is 0.336 e. The highest BCUT2D eigenvalue weighted by Crippen LogP contribution is 2.11. The summed E-state index contributed by atoms with van der Waals surface area (Å²) in [7, 11) is 1.78. The monoisotopic (exact) mass is 291 g/mol. The van der Waals surface area contributed by atoms with Crippen LogP contribution in [0.2, 0.25) is 0 Å². The van der Waals surface area contributed by atoms with Crippen LogP contribution in [-0.4, -0.2) is 27.8 Å². The molecule has 1 aromatic heterocycles. The van der Waals surface area contributed by atoms with Crippen molar-refractivity contribution in [2.24, 2.45) is 0 Å². The first-order valence-corrected chi connectivity index (χ1v) is 7.16. The van der Waals surface area contributed by atoms with Gasteiger partial charge in [0.15, 0.2) is 0 Å². The predicted octanol–water partition coefficient (Wildman–Crippen LogP) is 3.21. The Morgan fingerprint density at radius 2 is 1.73 bits per heavy atom. The van der Waals surface area contributed by atoms with Gasteiger partial charge in [-0.05, 0) is 24.6 Å². The van der Waals surface area contributed by atoms with Crippen molar-refractivity contribution in [2.45, 2.75) is 13.5 Å². The van der Waals surface area contributed by atoms with Crippen LogP contribution in [0.5, 0.6) is 0 Å². The summed E-state index contributed by atoms with van der Waals surface area (Å²) < 4.78 is 0. The van der Waals surface area contributed by atoms with Crippen molar-refractivity contribution in [2.75, 3.05) is 7.05 Å². The van der Waals surface area contributed by atoms with E-state index in [0.29, 0.717) is 12.2 Å². The van der Waals surface area contributed by atoms with Crippen LogP contribution in [0.25, 0.3) is 11.0 Å². The number of carbonyl (C=O) groups excluding carboxylic acids is 1. The highest BCUT2D eigenvalue weighted by Gasteiger charge is 2.14. The Hall–Kier alpha value is -2.75. The molecule has 0 aliphatic rings. The molecule has 3 aromatic rings. The molecule has 4 nitrogen and oxygen atoms in total. The Kier molecular flexibility index (Phi) is 3.83. The van der Waals surface area contributed by atoms with Crippen LogP contribution < -0.4 is 0 Å². The molecule has 2 aromatic carbocycles. The number of carbonyl (C=O) groups is 1. The van der Waals surface area contributed by atoms with Gasteiger partial charge in [0.05, 0.1) is 17.2 Å². The van der Waals surface area contributed by atoms with Crippen molar-refractivity contribution in [3.63, 3.8) is 0 Å². The predicted molar refractivity (Wildman–Crippen MR) is 86.5 cm³/mol. The molecule has 3 rings (SSSR count). The lowest BCUT2D eigenvalue weighted by Gasteiger charge is -2.17.